The SMILES string of the molecule is Cc1cccc(NC(=O)C[NH+]2CCN(c3ncnc4sc(C)c(C)c34)CC2)c1C. The summed E-state index contributed by atoms with van der Waals surface area (Å²) in [5, 5.41) is 4.27. The van der Waals surface area contributed by atoms with Crippen LogP contribution >= 0.6 is 11.3 Å². The molecule has 7 heteroatoms. The van der Waals surface area contributed by atoms with Gasteiger partial charge in [0.2, 0.25) is 0 Å². The molecule has 4 rings (SSSR count). The lowest BCUT2D eigenvalue weighted by Crippen LogP contribution is -3.15. The Hall–Kier alpha value is -2.51. The molecule has 0 unspecified atom stereocenters. The van der Waals surface area contributed by atoms with Gasteiger partial charge >= 0.3 is 0 Å². The highest BCUT2D eigenvalue weighted by atomic mass is 32.1. The molecule has 3 aromatic rings. The van der Waals surface area contributed by atoms with E-state index in [2.05, 4.69) is 47.0 Å². The van der Waals surface area contributed by atoms with E-state index in [4.69, 9.17) is 0 Å². The molecule has 0 atom stereocenters. The van der Waals surface area contributed by atoms with Gasteiger partial charge in [-0.05, 0) is 50.5 Å². The largest absolute Gasteiger partial charge is 0.345 e. The maximum absolute atomic E-state index is 12.6. The summed E-state index contributed by atoms with van der Waals surface area (Å²) in [6.45, 7) is 12.5. The molecular weight excluding hydrogens is 382 g/mol. The molecule has 29 heavy (non-hydrogen) atoms. The topological polar surface area (TPSA) is 62.6 Å². The Labute approximate surface area is 175 Å². The number of carbonyl (C=O) groups is 1. The number of fused-ring (bicyclic) bond motifs is 1. The van der Waals surface area contributed by atoms with Gasteiger partial charge in [-0.3, -0.25) is 4.79 Å². The molecule has 0 radical (unpaired) electrons. The number of nitrogens with one attached hydrogen (secondary N) is 2. The monoisotopic (exact) mass is 410 g/mol. The fourth-order valence-electron chi connectivity index (χ4n) is 3.92. The lowest BCUT2D eigenvalue weighted by molar-refractivity contribution is -0.892. The van der Waals surface area contributed by atoms with E-state index in [0.29, 0.717) is 6.54 Å². The first kappa shape index (κ1) is 19.8. The van der Waals surface area contributed by atoms with Crippen molar-refractivity contribution in [3.63, 3.8) is 0 Å². The predicted molar refractivity (Wildman–Crippen MR) is 119 cm³/mol. The summed E-state index contributed by atoms with van der Waals surface area (Å²) in [6, 6.07) is 6.02. The van der Waals surface area contributed by atoms with Crippen molar-refractivity contribution >= 4 is 39.0 Å². The Bertz CT molecular complexity index is 1050. The van der Waals surface area contributed by atoms with Crippen molar-refractivity contribution in [3.8, 4) is 0 Å². The minimum Gasteiger partial charge on any atom is -0.345 e. The number of hydrogen-bond acceptors (Lipinski definition) is 5. The van der Waals surface area contributed by atoms with E-state index in [0.717, 1.165) is 48.1 Å². The predicted octanol–water partition coefficient (Wildman–Crippen LogP) is 2.27. The first-order valence-corrected chi connectivity index (χ1v) is 10.9. The summed E-state index contributed by atoms with van der Waals surface area (Å²) in [5.41, 5.74) is 4.52. The van der Waals surface area contributed by atoms with Gasteiger partial charge in [-0.15, -0.1) is 11.3 Å². The van der Waals surface area contributed by atoms with E-state index in [1.807, 2.05) is 19.1 Å². The summed E-state index contributed by atoms with van der Waals surface area (Å²) in [6.07, 6.45) is 1.67. The Morgan fingerprint density at radius 3 is 2.66 bits per heavy atom. The zero-order valence-electron chi connectivity index (χ0n) is 17.5. The third-order valence-electron chi connectivity index (χ3n) is 6.00. The number of benzene rings is 1. The number of thiophene rings is 1. The molecule has 1 aliphatic heterocycles. The fourth-order valence-corrected chi connectivity index (χ4v) is 4.91. The highest BCUT2D eigenvalue weighted by Gasteiger charge is 2.25. The van der Waals surface area contributed by atoms with Gasteiger partial charge in [-0.2, -0.15) is 0 Å². The van der Waals surface area contributed by atoms with E-state index in [1.165, 1.54) is 26.3 Å². The Balaban J connectivity index is 1.39. The molecule has 0 spiro atoms. The number of anilines is 2. The molecular formula is C22H28N5OS+. The second kappa shape index (κ2) is 8.08. The molecule has 3 heterocycles. The number of carbonyl (C=O) groups excluding carboxylic acids is 1. The summed E-state index contributed by atoms with van der Waals surface area (Å²) < 4.78 is 0. The van der Waals surface area contributed by atoms with Gasteiger partial charge in [-0.1, -0.05) is 12.1 Å². The average molecular weight is 411 g/mol. The highest BCUT2D eigenvalue weighted by molar-refractivity contribution is 7.18. The molecule has 1 amide bonds. The number of hydrogen-bond donors (Lipinski definition) is 2. The quantitative estimate of drug-likeness (QED) is 0.693. The van der Waals surface area contributed by atoms with Crippen LogP contribution in [0.15, 0.2) is 24.5 Å². The highest BCUT2D eigenvalue weighted by Crippen LogP contribution is 2.34. The summed E-state index contributed by atoms with van der Waals surface area (Å²) >= 11 is 1.73. The van der Waals surface area contributed by atoms with Crippen LogP contribution in [-0.4, -0.2) is 48.6 Å². The molecule has 6 nitrogen and oxygen atoms in total. The molecule has 2 N–H and O–H groups in total. The summed E-state index contributed by atoms with van der Waals surface area (Å²) in [7, 11) is 0. The minimum absolute atomic E-state index is 0.0795. The van der Waals surface area contributed by atoms with E-state index < -0.39 is 0 Å². The van der Waals surface area contributed by atoms with Crippen molar-refractivity contribution in [2.75, 3.05) is 42.9 Å². The van der Waals surface area contributed by atoms with Crippen molar-refractivity contribution in [3.05, 3.63) is 46.1 Å². The number of amides is 1. The smallest absolute Gasteiger partial charge is 0.279 e. The van der Waals surface area contributed by atoms with Crippen molar-refractivity contribution in [1.82, 2.24) is 9.97 Å². The number of quaternary nitrogens is 1. The van der Waals surface area contributed by atoms with Gasteiger partial charge in [0.1, 0.15) is 17.0 Å². The number of aromatic nitrogens is 2. The summed E-state index contributed by atoms with van der Waals surface area (Å²) in [5.74, 6) is 1.12. The molecule has 0 aliphatic carbocycles. The molecule has 0 bridgehead atoms. The van der Waals surface area contributed by atoms with E-state index in [-0.39, 0.29) is 5.91 Å². The maximum Gasteiger partial charge on any atom is 0.279 e. The third kappa shape index (κ3) is 3.97. The minimum atomic E-state index is 0.0795. The van der Waals surface area contributed by atoms with Crippen LogP contribution in [0.25, 0.3) is 10.2 Å². The van der Waals surface area contributed by atoms with Gasteiger partial charge in [0.15, 0.2) is 6.54 Å². The van der Waals surface area contributed by atoms with Gasteiger partial charge in [0, 0.05) is 10.6 Å². The Morgan fingerprint density at radius 1 is 1.14 bits per heavy atom. The lowest BCUT2D eigenvalue weighted by Gasteiger charge is -2.33. The van der Waals surface area contributed by atoms with Crippen LogP contribution in [0.3, 0.4) is 0 Å². The average Bonchev–Trinajstić information content (AvgIpc) is 3.00. The molecule has 2 aromatic heterocycles. The van der Waals surface area contributed by atoms with Crippen LogP contribution in [0.4, 0.5) is 11.5 Å². The van der Waals surface area contributed by atoms with Gasteiger partial charge in [0.25, 0.3) is 5.91 Å². The van der Waals surface area contributed by atoms with Crippen molar-refractivity contribution in [1.29, 1.82) is 0 Å². The number of piperazine rings is 1. The molecule has 1 fully saturated rings. The Morgan fingerprint density at radius 2 is 1.90 bits per heavy atom. The van der Waals surface area contributed by atoms with E-state index in [9.17, 15) is 4.79 Å². The molecule has 1 aliphatic rings. The van der Waals surface area contributed by atoms with Crippen LogP contribution in [0.2, 0.25) is 0 Å². The molecule has 152 valence electrons. The van der Waals surface area contributed by atoms with Crippen LogP contribution in [0.5, 0.6) is 0 Å². The van der Waals surface area contributed by atoms with E-state index >= 15 is 0 Å². The number of aryl methyl sites for hydroxylation is 3. The fraction of sp³-hybridized carbons (Fsp3) is 0.409. The van der Waals surface area contributed by atoms with E-state index in [1.54, 1.807) is 17.7 Å². The number of nitrogens with zero attached hydrogens (tertiary/aromatic N) is 3. The third-order valence-corrected chi connectivity index (χ3v) is 7.12. The molecule has 1 saturated heterocycles. The summed E-state index contributed by atoms with van der Waals surface area (Å²) in [4.78, 5) is 27.6. The second-order valence-electron chi connectivity index (χ2n) is 7.87. The van der Waals surface area contributed by atoms with Crippen LogP contribution < -0.4 is 15.1 Å². The number of rotatable bonds is 4. The zero-order valence-corrected chi connectivity index (χ0v) is 18.3. The maximum atomic E-state index is 12.6. The van der Waals surface area contributed by atoms with Gasteiger partial charge in [0.05, 0.1) is 31.6 Å². The molecule has 1 aromatic carbocycles. The van der Waals surface area contributed by atoms with Crippen LogP contribution in [0.1, 0.15) is 21.6 Å². The second-order valence-corrected chi connectivity index (χ2v) is 9.07. The van der Waals surface area contributed by atoms with Crippen LogP contribution in [-0.2, 0) is 4.79 Å². The standard InChI is InChI=1S/C22H27N5OS/c1-14-6-5-7-18(15(14)2)25-19(28)12-26-8-10-27(11-9-26)21-20-16(3)17(4)29-22(20)24-13-23-21/h5-7,13H,8-12H2,1-4H3,(H,25,28)/p+1. The van der Waals surface area contributed by atoms with Gasteiger partial charge in [-0.25, -0.2) is 9.97 Å². The zero-order chi connectivity index (χ0) is 20.5. The van der Waals surface area contributed by atoms with Crippen molar-refractivity contribution in [2.24, 2.45) is 0 Å². The van der Waals surface area contributed by atoms with Crippen molar-refractivity contribution in [2.45, 2.75) is 27.7 Å². The first-order chi connectivity index (χ1) is 13.9. The lowest BCUT2D eigenvalue weighted by atomic mass is 10.1. The normalized spacial score (nSPS) is 15.1. The van der Waals surface area contributed by atoms with Gasteiger partial charge < -0.3 is 15.1 Å². The van der Waals surface area contributed by atoms with Crippen molar-refractivity contribution < 1.29 is 9.69 Å². The molecule has 0 saturated carbocycles. The Kier molecular flexibility index (Phi) is 5.52. The first-order valence-electron chi connectivity index (χ1n) is 10.1. The van der Waals surface area contributed by atoms with Crippen LogP contribution in [0, 0.1) is 27.7 Å².